The van der Waals surface area contributed by atoms with Crippen molar-refractivity contribution in [3.63, 3.8) is 0 Å². The van der Waals surface area contributed by atoms with E-state index in [9.17, 15) is 13.2 Å². The smallest absolute Gasteiger partial charge is 0.326 e. The second-order valence-electron chi connectivity index (χ2n) is 3.32. The summed E-state index contributed by atoms with van der Waals surface area (Å²) in [6, 6.07) is 4.41. The summed E-state index contributed by atoms with van der Waals surface area (Å²) in [4.78, 5) is 11.9. The number of urea groups is 1. The summed E-state index contributed by atoms with van der Waals surface area (Å²) in [7, 11) is -3.31. The molecule has 0 radical (unpaired) electrons. The number of hydrogen-bond acceptors (Lipinski definition) is 4. The number of primary amides is 1. The number of anilines is 1. The Kier molecular flexibility index (Phi) is 3.37. The average molecular weight is 256 g/mol. The second-order valence-corrected chi connectivity index (χ2v) is 5.34. The van der Waals surface area contributed by atoms with Gasteiger partial charge < -0.3 is 11.5 Å². The fourth-order valence-corrected chi connectivity index (χ4v) is 1.86. The standard InChI is InChI=1S/C9H12N4O3S/c1-17(15,16)7-4-2-6(3-5-7)13(8(10)11)9(12)14/h2-5H,1H3,(H3,10,11)(H2,12,14). The number of amides is 2. The number of carbonyl (C=O) groups excluding carboxylic acids is 1. The lowest BCUT2D eigenvalue weighted by Gasteiger charge is -2.17. The molecule has 0 aliphatic carbocycles. The summed E-state index contributed by atoms with van der Waals surface area (Å²) in [5.74, 6) is -0.537. The zero-order valence-electron chi connectivity index (χ0n) is 9.04. The average Bonchev–Trinajstić information content (AvgIpc) is 2.15. The van der Waals surface area contributed by atoms with E-state index in [1.54, 1.807) is 0 Å². The first-order valence-corrected chi connectivity index (χ1v) is 6.36. The molecule has 7 nitrogen and oxygen atoms in total. The van der Waals surface area contributed by atoms with Crippen LogP contribution < -0.4 is 16.4 Å². The predicted octanol–water partition coefficient (Wildman–Crippen LogP) is -0.131. The molecule has 1 rings (SSSR count). The molecule has 0 aliphatic heterocycles. The molecule has 5 N–H and O–H groups in total. The molecule has 0 atom stereocenters. The lowest BCUT2D eigenvalue weighted by atomic mass is 10.3. The molecule has 92 valence electrons. The Labute approximate surface area is 98.4 Å². The first-order valence-electron chi connectivity index (χ1n) is 4.47. The number of hydrogen-bond donors (Lipinski definition) is 3. The van der Waals surface area contributed by atoms with Crippen molar-refractivity contribution >= 4 is 27.5 Å². The number of nitrogens with two attached hydrogens (primary N) is 2. The van der Waals surface area contributed by atoms with Gasteiger partial charge in [0, 0.05) is 6.26 Å². The van der Waals surface area contributed by atoms with Crippen molar-refractivity contribution < 1.29 is 13.2 Å². The number of rotatable bonds is 2. The molecule has 0 bridgehead atoms. The Morgan fingerprint density at radius 3 is 2.00 bits per heavy atom. The summed E-state index contributed by atoms with van der Waals surface area (Å²) >= 11 is 0. The Bertz CT molecular complexity index is 536. The predicted molar refractivity (Wildman–Crippen MR) is 63.5 cm³/mol. The quantitative estimate of drug-likeness (QED) is 0.502. The molecule has 8 heteroatoms. The zero-order chi connectivity index (χ0) is 13.2. The Morgan fingerprint density at radius 2 is 1.71 bits per heavy atom. The van der Waals surface area contributed by atoms with Gasteiger partial charge in [-0.3, -0.25) is 5.41 Å². The molecule has 0 heterocycles. The van der Waals surface area contributed by atoms with Crippen molar-refractivity contribution in [3.05, 3.63) is 24.3 Å². The maximum absolute atomic E-state index is 11.2. The van der Waals surface area contributed by atoms with Crippen LogP contribution in [0.2, 0.25) is 0 Å². The lowest BCUT2D eigenvalue weighted by molar-refractivity contribution is 0.256. The molecular weight excluding hydrogens is 244 g/mol. The van der Waals surface area contributed by atoms with Gasteiger partial charge in [0.05, 0.1) is 10.6 Å². The van der Waals surface area contributed by atoms with Gasteiger partial charge in [-0.05, 0) is 24.3 Å². The summed E-state index contributed by atoms with van der Waals surface area (Å²) < 4.78 is 22.4. The van der Waals surface area contributed by atoms with Crippen molar-refractivity contribution in [1.82, 2.24) is 0 Å². The van der Waals surface area contributed by atoms with Gasteiger partial charge in [-0.15, -0.1) is 0 Å². The van der Waals surface area contributed by atoms with Crippen LogP contribution in [0, 0.1) is 5.41 Å². The minimum Gasteiger partial charge on any atom is -0.369 e. The molecule has 0 spiro atoms. The fourth-order valence-electron chi connectivity index (χ4n) is 1.23. The van der Waals surface area contributed by atoms with Crippen molar-refractivity contribution in [2.75, 3.05) is 11.2 Å². The molecule has 2 amide bonds. The highest BCUT2D eigenvalue weighted by atomic mass is 32.2. The van der Waals surface area contributed by atoms with Gasteiger partial charge >= 0.3 is 6.03 Å². The molecule has 1 aromatic rings. The largest absolute Gasteiger partial charge is 0.369 e. The van der Waals surface area contributed by atoms with Gasteiger partial charge in [0.1, 0.15) is 0 Å². The lowest BCUT2D eigenvalue weighted by Crippen LogP contribution is -2.44. The van der Waals surface area contributed by atoms with Gasteiger partial charge in [-0.25, -0.2) is 18.1 Å². The highest BCUT2D eigenvalue weighted by Crippen LogP contribution is 2.17. The van der Waals surface area contributed by atoms with E-state index in [-0.39, 0.29) is 10.6 Å². The van der Waals surface area contributed by atoms with Crippen molar-refractivity contribution in [1.29, 1.82) is 5.41 Å². The van der Waals surface area contributed by atoms with E-state index in [1.807, 2.05) is 0 Å². The minimum absolute atomic E-state index is 0.106. The van der Waals surface area contributed by atoms with Gasteiger partial charge in [0.2, 0.25) is 5.96 Å². The number of carbonyl (C=O) groups is 1. The van der Waals surface area contributed by atoms with E-state index in [0.717, 1.165) is 11.2 Å². The first-order chi connectivity index (χ1) is 7.73. The maximum atomic E-state index is 11.2. The molecule has 17 heavy (non-hydrogen) atoms. The second kappa shape index (κ2) is 4.42. The highest BCUT2D eigenvalue weighted by Gasteiger charge is 2.16. The molecule has 0 saturated heterocycles. The van der Waals surface area contributed by atoms with Crippen LogP contribution in [-0.2, 0) is 9.84 Å². The molecular formula is C9H12N4O3S. The van der Waals surface area contributed by atoms with Gasteiger partial charge in [-0.1, -0.05) is 0 Å². The molecule has 0 fully saturated rings. The summed E-state index contributed by atoms with van der Waals surface area (Å²) in [6.07, 6.45) is 1.07. The maximum Gasteiger partial charge on any atom is 0.326 e. The van der Waals surface area contributed by atoms with Gasteiger partial charge in [-0.2, -0.15) is 0 Å². The number of sulfone groups is 1. The van der Waals surface area contributed by atoms with Crippen molar-refractivity contribution in [3.8, 4) is 0 Å². The Balaban J connectivity index is 3.18. The van der Waals surface area contributed by atoms with Gasteiger partial charge in [0.15, 0.2) is 9.84 Å². The molecule has 0 saturated carbocycles. The van der Waals surface area contributed by atoms with Crippen LogP contribution >= 0.6 is 0 Å². The van der Waals surface area contributed by atoms with Gasteiger partial charge in [0.25, 0.3) is 0 Å². The molecule has 0 aliphatic rings. The highest BCUT2D eigenvalue weighted by molar-refractivity contribution is 7.90. The Hall–Kier alpha value is -2.09. The molecule has 1 aromatic carbocycles. The fraction of sp³-hybridized carbons (Fsp3) is 0.111. The number of guanidine groups is 1. The van der Waals surface area contributed by atoms with Crippen LogP contribution in [0.3, 0.4) is 0 Å². The first kappa shape index (κ1) is 13.0. The number of nitrogens with one attached hydrogen (secondary N) is 1. The number of benzene rings is 1. The van der Waals surface area contributed by atoms with Crippen LogP contribution in [0.15, 0.2) is 29.2 Å². The topological polar surface area (TPSA) is 130 Å². The van der Waals surface area contributed by atoms with E-state index < -0.39 is 21.8 Å². The van der Waals surface area contributed by atoms with Crippen molar-refractivity contribution in [2.45, 2.75) is 4.90 Å². The monoisotopic (exact) mass is 256 g/mol. The van der Waals surface area contributed by atoms with E-state index in [2.05, 4.69) is 0 Å². The van der Waals surface area contributed by atoms with E-state index in [4.69, 9.17) is 16.9 Å². The third-order valence-electron chi connectivity index (χ3n) is 1.98. The van der Waals surface area contributed by atoms with E-state index in [1.165, 1.54) is 24.3 Å². The molecule has 0 unspecified atom stereocenters. The van der Waals surface area contributed by atoms with Crippen molar-refractivity contribution in [2.24, 2.45) is 11.5 Å². The third-order valence-corrected chi connectivity index (χ3v) is 3.11. The third kappa shape index (κ3) is 2.94. The van der Waals surface area contributed by atoms with Crippen LogP contribution in [0.25, 0.3) is 0 Å². The van der Waals surface area contributed by atoms with Crippen LogP contribution in [0.4, 0.5) is 10.5 Å². The Morgan fingerprint density at radius 1 is 1.24 bits per heavy atom. The van der Waals surface area contributed by atoms with Crippen LogP contribution in [0.1, 0.15) is 0 Å². The van der Waals surface area contributed by atoms with E-state index in [0.29, 0.717) is 0 Å². The van der Waals surface area contributed by atoms with Crippen LogP contribution in [0.5, 0.6) is 0 Å². The summed E-state index contributed by atoms with van der Waals surface area (Å²) in [5, 5.41) is 7.18. The normalized spacial score (nSPS) is 10.9. The van der Waals surface area contributed by atoms with E-state index >= 15 is 0 Å². The zero-order valence-corrected chi connectivity index (χ0v) is 9.86. The summed E-state index contributed by atoms with van der Waals surface area (Å²) in [5.41, 5.74) is 10.5. The van der Waals surface area contributed by atoms with Crippen LogP contribution in [-0.4, -0.2) is 26.7 Å². The molecule has 0 aromatic heterocycles. The minimum atomic E-state index is -3.31. The SMILES string of the molecule is CS(=O)(=O)c1ccc(N(C(=N)N)C(N)=O)cc1. The number of nitrogens with zero attached hydrogens (tertiary/aromatic N) is 1. The summed E-state index contributed by atoms with van der Waals surface area (Å²) in [6.45, 7) is 0.